The number of nitriles is 1. The van der Waals surface area contributed by atoms with Crippen molar-refractivity contribution in [2.75, 3.05) is 13.6 Å². The Bertz CT molecular complexity index is 382. The summed E-state index contributed by atoms with van der Waals surface area (Å²) < 4.78 is 0. The van der Waals surface area contributed by atoms with E-state index in [1.807, 2.05) is 0 Å². The van der Waals surface area contributed by atoms with Crippen LogP contribution in [-0.2, 0) is 9.59 Å². The highest BCUT2D eigenvalue weighted by Crippen LogP contribution is 2.40. The highest BCUT2D eigenvalue weighted by Gasteiger charge is 2.45. The maximum atomic E-state index is 12.0. The molecule has 2 aliphatic rings. The first kappa shape index (κ1) is 11.9. The van der Waals surface area contributed by atoms with Crippen LogP contribution in [0.3, 0.4) is 0 Å². The zero-order chi connectivity index (χ0) is 12.5. The number of carbonyl (C=O) groups excluding carboxylic acids is 2. The van der Waals surface area contributed by atoms with Gasteiger partial charge >= 0.3 is 0 Å². The maximum absolute atomic E-state index is 12.0. The third-order valence-electron chi connectivity index (χ3n) is 3.82. The lowest BCUT2D eigenvalue weighted by Gasteiger charge is -2.37. The third kappa shape index (κ3) is 2.12. The van der Waals surface area contributed by atoms with E-state index in [2.05, 4.69) is 11.4 Å². The average molecular weight is 235 g/mol. The first-order valence-corrected chi connectivity index (χ1v) is 6.03. The van der Waals surface area contributed by atoms with Crippen LogP contribution in [0.2, 0.25) is 0 Å². The molecule has 0 radical (unpaired) electrons. The number of hydrogen-bond donors (Lipinski definition) is 1. The van der Waals surface area contributed by atoms with Crippen LogP contribution in [0.25, 0.3) is 0 Å². The molecule has 5 heteroatoms. The van der Waals surface area contributed by atoms with Gasteiger partial charge in [-0.1, -0.05) is 0 Å². The minimum absolute atomic E-state index is 0.00368. The van der Waals surface area contributed by atoms with Gasteiger partial charge in [-0.15, -0.1) is 0 Å². The fourth-order valence-electron chi connectivity index (χ4n) is 2.37. The van der Waals surface area contributed by atoms with E-state index in [9.17, 15) is 9.59 Å². The summed E-state index contributed by atoms with van der Waals surface area (Å²) in [4.78, 5) is 24.9. The highest BCUT2D eigenvalue weighted by molar-refractivity contribution is 5.87. The monoisotopic (exact) mass is 235 g/mol. The van der Waals surface area contributed by atoms with E-state index < -0.39 is 5.41 Å². The van der Waals surface area contributed by atoms with Gasteiger partial charge in [0, 0.05) is 26.1 Å². The second-order valence-corrected chi connectivity index (χ2v) is 5.03. The SMILES string of the molecule is CN1CC(NC(=O)C2(C#N)CCC2)CCC1=O. The van der Waals surface area contributed by atoms with Crippen molar-refractivity contribution in [3.63, 3.8) is 0 Å². The van der Waals surface area contributed by atoms with Crippen molar-refractivity contribution in [2.24, 2.45) is 5.41 Å². The van der Waals surface area contributed by atoms with Gasteiger partial charge in [-0.25, -0.2) is 0 Å². The van der Waals surface area contributed by atoms with Crippen LogP contribution < -0.4 is 5.32 Å². The Hall–Kier alpha value is -1.57. The largest absolute Gasteiger partial charge is 0.350 e. The van der Waals surface area contributed by atoms with Crippen LogP contribution in [0.1, 0.15) is 32.1 Å². The Morgan fingerprint density at radius 2 is 2.29 bits per heavy atom. The van der Waals surface area contributed by atoms with Crippen LogP contribution in [-0.4, -0.2) is 36.3 Å². The summed E-state index contributed by atoms with van der Waals surface area (Å²) in [6.07, 6.45) is 3.43. The number of hydrogen-bond acceptors (Lipinski definition) is 3. The number of amides is 2. The smallest absolute Gasteiger partial charge is 0.240 e. The molecule has 1 saturated carbocycles. The number of likely N-dealkylation sites (N-methyl/N-ethyl adjacent to an activating group) is 1. The second-order valence-electron chi connectivity index (χ2n) is 5.03. The molecule has 2 rings (SSSR count). The van der Waals surface area contributed by atoms with E-state index in [1.54, 1.807) is 11.9 Å². The quantitative estimate of drug-likeness (QED) is 0.753. The van der Waals surface area contributed by atoms with Gasteiger partial charge in [-0.3, -0.25) is 9.59 Å². The molecule has 0 aromatic rings. The average Bonchev–Trinajstić information content (AvgIpc) is 2.23. The van der Waals surface area contributed by atoms with Crippen molar-refractivity contribution in [3.8, 4) is 6.07 Å². The molecule has 0 aromatic heterocycles. The maximum Gasteiger partial charge on any atom is 0.240 e. The second kappa shape index (κ2) is 4.36. The zero-order valence-corrected chi connectivity index (χ0v) is 10.0. The van der Waals surface area contributed by atoms with Crippen LogP contribution >= 0.6 is 0 Å². The van der Waals surface area contributed by atoms with Gasteiger partial charge in [0.25, 0.3) is 0 Å². The van der Waals surface area contributed by atoms with Crippen LogP contribution in [0.15, 0.2) is 0 Å². The molecular formula is C12H17N3O2. The van der Waals surface area contributed by atoms with E-state index >= 15 is 0 Å². The van der Waals surface area contributed by atoms with Crippen LogP contribution in [0, 0.1) is 16.7 Å². The summed E-state index contributed by atoms with van der Waals surface area (Å²) in [5, 5.41) is 12.0. The molecule has 1 aliphatic heterocycles. The molecule has 1 aliphatic carbocycles. The fourth-order valence-corrected chi connectivity index (χ4v) is 2.37. The first-order chi connectivity index (χ1) is 8.07. The van der Waals surface area contributed by atoms with Crippen molar-refractivity contribution in [1.29, 1.82) is 5.26 Å². The summed E-state index contributed by atoms with van der Waals surface area (Å²) >= 11 is 0. The number of rotatable bonds is 2. The highest BCUT2D eigenvalue weighted by atomic mass is 16.2. The van der Waals surface area contributed by atoms with E-state index in [-0.39, 0.29) is 17.9 Å². The van der Waals surface area contributed by atoms with E-state index in [0.29, 0.717) is 32.2 Å². The van der Waals surface area contributed by atoms with Crippen molar-refractivity contribution >= 4 is 11.8 Å². The first-order valence-electron chi connectivity index (χ1n) is 6.03. The lowest BCUT2D eigenvalue weighted by Crippen LogP contribution is -2.53. The topological polar surface area (TPSA) is 73.2 Å². The predicted octanol–water partition coefficient (Wildman–Crippen LogP) is 0.417. The molecule has 1 N–H and O–H groups in total. The Morgan fingerprint density at radius 3 is 2.76 bits per heavy atom. The summed E-state index contributed by atoms with van der Waals surface area (Å²) in [5.41, 5.74) is -0.792. The van der Waals surface area contributed by atoms with E-state index in [4.69, 9.17) is 5.26 Å². The molecule has 0 spiro atoms. The molecule has 1 saturated heterocycles. The van der Waals surface area contributed by atoms with Gasteiger partial charge in [0.15, 0.2) is 0 Å². The molecule has 2 amide bonds. The molecular weight excluding hydrogens is 218 g/mol. The third-order valence-corrected chi connectivity index (χ3v) is 3.82. The molecule has 1 atom stereocenters. The summed E-state index contributed by atoms with van der Waals surface area (Å²) in [5.74, 6) is -0.0341. The van der Waals surface area contributed by atoms with Crippen LogP contribution in [0.5, 0.6) is 0 Å². The fraction of sp³-hybridized carbons (Fsp3) is 0.750. The number of likely N-dealkylation sites (tertiary alicyclic amines) is 1. The van der Waals surface area contributed by atoms with Crippen molar-refractivity contribution < 1.29 is 9.59 Å². The Morgan fingerprint density at radius 1 is 1.59 bits per heavy atom. The molecule has 0 aromatic carbocycles. The van der Waals surface area contributed by atoms with Gasteiger partial charge in [0.05, 0.1) is 6.07 Å². The number of nitrogens with one attached hydrogen (secondary N) is 1. The normalized spacial score (nSPS) is 26.9. The lowest BCUT2D eigenvalue weighted by molar-refractivity contribution is -0.137. The molecule has 1 heterocycles. The van der Waals surface area contributed by atoms with E-state index in [1.165, 1.54) is 0 Å². The standard InChI is InChI=1S/C12H17N3O2/c1-15-7-9(3-4-10(15)16)14-11(17)12(8-13)5-2-6-12/h9H,2-7H2,1H3,(H,14,17). The Balaban J connectivity index is 1.91. The number of piperidine rings is 1. The molecule has 92 valence electrons. The summed E-state index contributed by atoms with van der Waals surface area (Å²) in [6.45, 7) is 0.548. The van der Waals surface area contributed by atoms with E-state index in [0.717, 1.165) is 6.42 Å². The molecule has 5 nitrogen and oxygen atoms in total. The number of carbonyl (C=O) groups is 2. The van der Waals surface area contributed by atoms with Gasteiger partial charge < -0.3 is 10.2 Å². The minimum Gasteiger partial charge on any atom is -0.350 e. The van der Waals surface area contributed by atoms with Crippen molar-refractivity contribution in [3.05, 3.63) is 0 Å². The van der Waals surface area contributed by atoms with Gasteiger partial charge in [-0.05, 0) is 25.7 Å². The predicted molar refractivity (Wildman–Crippen MR) is 60.7 cm³/mol. The Labute approximate surface area is 101 Å². The molecule has 2 fully saturated rings. The van der Waals surface area contributed by atoms with Gasteiger partial charge in [0.2, 0.25) is 11.8 Å². The minimum atomic E-state index is -0.792. The van der Waals surface area contributed by atoms with Crippen LogP contribution in [0.4, 0.5) is 0 Å². The van der Waals surface area contributed by atoms with Gasteiger partial charge in [0.1, 0.15) is 5.41 Å². The zero-order valence-electron chi connectivity index (χ0n) is 10.0. The molecule has 1 unspecified atom stereocenters. The van der Waals surface area contributed by atoms with Gasteiger partial charge in [-0.2, -0.15) is 5.26 Å². The molecule has 0 bridgehead atoms. The van der Waals surface area contributed by atoms with Crippen molar-refractivity contribution in [2.45, 2.75) is 38.1 Å². The summed E-state index contributed by atoms with van der Waals surface area (Å²) in [7, 11) is 1.74. The molecule has 17 heavy (non-hydrogen) atoms. The Kier molecular flexibility index (Phi) is 3.05. The lowest BCUT2D eigenvalue weighted by atomic mass is 9.69. The van der Waals surface area contributed by atoms with Crippen molar-refractivity contribution in [1.82, 2.24) is 10.2 Å². The number of nitrogens with zero attached hydrogens (tertiary/aromatic N) is 2. The summed E-state index contributed by atoms with van der Waals surface area (Å²) in [6, 6.07) is 2.13.